The first-order chi connectivity index (χ1) is 6.72. The average molecular weight is 192 g/mol. The maximum Gasteiger partial charge on any atom is 0.331 e. The molecular weight excluding hydrogens is 178 g/mol. The third kappa shape index (κ3) is 3.47. The van der Waals surface area contributed by atoms with Gasteiger partial charge in [-0.1, -0.05) is 17.7 Å². The van der Waals surface area contributed by atoms with Crippen molar-refractivity contribution in [3.8, 4) is 0 Å². The van der Waals surface area contributed by atoms with Crippen LogP contribution in [0.25, 0.3) is 0 Å². The summed E-state index contributed by atoms with van der Waals surface area (Å²) in [5, 5.41) is 2.86. The summed E-state index contributed by atoms with van der Waals surface area (Å²) in [5.74, 6) is -0.354. The van der Waals surface area contributed by atoms with E-state index in [4.69, 9.17) is 4.74 Å². The van der Waals surface area contributed by atoms with Crippen molar-refractivity contribution in [1.29, 1.82) is 0 Å². The summed E-state index contributed by atoms with van der Waals surface area (Å²) in [7, 11) is 0. The number of hydrogen-bond donors (Lipinski definition) is 1. The van der Waals surface area contributed by atoms with Crippen LogP contribution in [-0.4, -0.2) is 12.6 Å². The Morgan fingerprint density at radius 3 is 2.64 bits per heavy atom. The summed E-state index contributed by atoms with van der Waals surface area (Å²) >= 11 is 0. The highest BCUT2D eigenvalue weighted by Crippen LogP contribution is 2.08. The van der Waals surface area contributed by atoms with Crippen molar-refractivity contribution in [3.05, 3.63) is 36.4 Å². The molecule has 1 aromatic carbocycles. The molecule has 3 nitrogen and oxygen atoms in total. The fourth-order valence-electron chi connectivity index (χ4n) is 0.976. The van der Waals surface area contributed by atoms with Crippen LogP contribution in [0.4, 0.5) is 5.69 Å². The number of carbonyl (C=O) groups is 1. The molecule has 0 aliphatic carbocycles. The molecule has 1 N–H and O–H groups in total. The van der Waals surface area contributed by atoms with Crippen LogP contribution in [0.3, 0.4) is 0 Å². The van der Waals surface area contributed by atoms with E-state index >= 15 is 0 Å². The van der Waals surface area contributed by atoms with Crippen LogP contribution < -0.4 is 5.32 Å². The molecule has 1 rings (SSSR count). The largest absolute Gasteiger partial charge is 0.464 e. The number of anilines is 1. The van der Waals surface area contributed by atoms with Crippen LogP contribution >= 0.6 is 0 Å². The molecule has 0 unspecified atom stereocenters. The first kappa shape index (κ1) is 10.6. The van der Waals surface area contributed by atoms with Gasteiger partial charge in [0.15, 0.2) is 6.54 Å². The summed E-state index contributed by atoms with van der Waals surface area (Å²) in [4.78, 5) is 10.9. The number of hydrogen-bond acceptors (Lipinski definition) is 3. The van der Waals surface area contributed by atoms with Gasteiger partial charge < -0.3 is 10.1 Å². The summed E-state index contributed by atoms with van der Waals surface area (Å²) in [6, 6.07) is 7.76. The topological polar surface area (TPSA) is 38.3 Å². The smallest absolute Gasteiger partial charge is 0.331 e. The quantitative estimate of drug-likeness (QED) is 0.743. The van der Waals surface area contributed by atoms with Gasteiger partial charge in [-0.25, -0.2) is 4.79 Å². The van der Waals surface area contributed by atoms with E-state index in [0.29, 0.717) is 6.61 Å². The summed E-state index contributed by atoms with van der Waals surface area (Å²) in [5.41, 5.74) is 2.07. The maximum atomic E-state index is 10.9. The van der Waals surface area contributed by atoms with Crippen LogP contribution in [0.5, 0.6) is 0 Å². The third-order valence-electron chi connectivity index (χ3n) is 1.69. The Labute approximate surface area is 84.1 Å². The second kappa shape index (κ2) is 5.27. The fourth-order valence-corrected chi connectivity index (χ4v) is 0.976. The second-order valence-corrected chi connectivity index (χ2v) is 2.91. The van der Waals surface area contributed by atoms with E-state index in [1.54, 1.807) is 6.92 Å². The molecule has 0 atom stereocenters. The van der Waals surface area contributed by atoms with Crippen molar-refractivity contribution in [3.63, 3.8) is 0 Å². The van der Waals surface area contributed by atoms with Crippen LogP contribution in [0.1, 0.15) is 12.5 Å². The van der Waals surface area contributed by atoms with Crippen LogP contribution in [-0.2, 0) is 9.53 Å². The van der Waals surface area contributed by atoms with Gasteiger partial charge in [-0.2, -0.15) is 0 Å². The molecule has 0 saturated carbocycles. The molecule has 0 aliphatic heterocycles. The van der Waals surface area contributed by atoms with Crippen LogP contribution in [0.15, 0.2) is 24.3 Å². The van der Waals surface area contributed by atoms with Crippen molar-refractivity contribution in [1.82, 2.24) is 0 Å². The van der Waals surface area contributed by atoms with Crippen molar-refractivity contribution >= 4 is 11.7 Å². The predicted molar refractivity (Wildman–Crippen MR) is 55.7 cm³/mol. The molecule has 14 heavy (non-hydrogen) atoms. The van der Waals surface area contributed by atoms with Gasteiger partial charge in [0.2, 0.25) is 0 Å². The number of ether oxygens (including phenoxy) is 1. The highest BCUT2D eigenvalue weighted by atomic mass is 16.5. The lowest BCUT2D eigenvalue weighted by molar-refractivity contribution is -0.138. The number of esters is 1. The van der Waals surface area contributed by atoms with Gasteiger partial charge in [-0.3, -0.25) is 0 Å². The molecule has 0 heterocycles. The van der Waals surface area contributed by atoms with E-state index in [1.807, 2.05) is 31.2 Å². The number of aryl methyl sites for hydroxylation is 1. The molecule has 1 radical (unpaired) electrons. The molecule has 0 spiro atoms. The minimum Gasteiger partial charge on any atom is -0.464 e. The molecule has 0 amide bonds. The molecule has 0 bridgehead atoms. The Bertz CT molecular complexity index is 293. The molecule has 0 aromatic heterocycles. The second-order valence-electron chi connectivity index (χ2n) is 2.91. The Hall–Kier alpha value is -1.51. The van der Waals surface area contributed by atoms with E-state index in [0.717, 1.165) is 5.69 Å². The summed E-state index contributed by atoms with van der Waals surface area (Å²) < 4.78 is 4.73. The summed E-state index contributed by atoms with van der Waals surface area (Å²) in [6.45, 7) is 5.50. The Morgan fingerprint density at radius 2 is 2.07 bits per heavy atom. The van der Waals surface area contributed by atoms with Gasteiger partial charge in [0, 0.05) is 5.69 Å². The van der Waals surface area contributed by atoms with Gasteiger partial charge in [0.25, 0.3) is 0 Å². The molecule has 1 aromatic rings. The maximum absolute atomic E-state index is 10.9. The van der Waals surface area contributed by atoms with E-state index in [1.165, 1.54) is 12.1 Å². The van der Waals surface area contributed by atoms with Crippen LogP contribution in [0, 0.1) is 13.5 Å². The highest BCUT2D eigenvalue weighted by molar-refractivity contribution is 5.81. The summed E-state index contributed by atoms with van der Waals surface area (Å²) in [6.07, 6.45) is 0. The van der Waals surface area contributed by atoms with Crippen LogP contribution in [0.2, 0.25) is 0 Å². The lowest BCUT2D eigenvalue weighted by Gasteiger charge is -2.04. The zero-order valence-electron chi connectivity index (χ0n) is 8.41. The van der Waals surface area contributed by atoms with Crippen molar-refractivity contribution in [2.45, 2.75) is 13.8 Å². The van der Waals surface area contributed by atoms with Crippen molar-refractivity contribution in [2.75, 3.05) is 11.9 Å². The normalized spacial score (nSPS) is 9.57. The molecule has 3 heteroatoms. The minimum absolute atomic E-state index is 0.354. The Morgan fingerprint density at radius 1 is 1.43 bits per heavy atom. The Balaban J connectivity index is 2.38. The SMILES string of the molecule is CCOC(=O)[CH]Nc1ccc(C)cc1. The monoisotopic (exact) mass is 192 g/mol. The number of nitrogens with one attached hydrogen (secondary N) is 1. The van der Waals surface area contributed by atoms with E-state index < -0.39 is 0 Å². The zero-order valence-corrected chi connectivity index (χ0v) is 8.41. The van der Waals surface area contributed by atoms with Crippen molar-refractivity contribution in [2.24, 2.45) is 0 Å². The number of carbonyl (C=O) groups excluding carboxylic acids is 1. The molecule has 0 aliphatic rings. The first-order valence-corrected chi connectivity index (χ1v) is 4.55. The average Bonchev–Trinajstić information content (AvgIpc) is 2.17. The van der Waals surface area contributed by atoms with Crippen molar-refractivity contribution < 1.29 is 9.53 Å². The minimum atomic E-state index is -0.354. The van der Waals surface area contributed by atoms with Gasteiger partial charge in [-0.05, 0) is 26.0 Å². The zero-order chi connectivity index (χ0) is 10.4. The highest BCUT2D eigenvalue weighted by Gasteiger charge is 2.01. The molecule has 75 valence electrons. The van der Waals surface area contributed by atoms with Gasteiger partial charge in [0.1, 0.15) is 0 Å². The third-order valence-corrected chi connectivity index (χ3v) is 1.69. The number of rotatable bonds is 4. The molecule has 0 saturated heterocycles. The molecule has 0 fully saturated rings. The molecular formula is C11H14NO2. The van der Waals surface area contributed by atoms with Gasteiger partial charge in [-0.15, -0.1) is 0 Å². The van der Waals surface area contributed by atoms with E-state index in [9.17, 15) is 4.79 Å². The lowest BCUT2D eigenvalue weighted by Crippen LogP contribution is -2.10. The predicted octanol–water partition coefficient (Wildman–Crippen LogP) is 2.13. The first-order valence-electron chi connectivity index (χ1n) is 4.55. The fraction of sp³-hybridized carbons (Fsp3) is 0.273. The van der Waals surface area contributed by atoms with Gasteiger partial charge in [0.05, 0.1) is 6.61 Å². The lowest BCUT2D eigenvalue weighted by atomic mass is 10.2. The number of benzene rings is 1. The van der Waals surface area contributed by atoms with E-state index in [-0.39, 0.29) is 5.97 Å². The Kier molecular flexibility index (Phi) is 3.98. The van der Waals surface area contributed by atoms with E-state index in [2.05, 4.69) is 5.32 Å². The van der Waals surface area contributed by atoms with Gasteiger partial charge >= 0.3 is 5.97 Å². The standard InChI is InChI=1S/C11H14NO2/c1-3-14-11(13)8-12-10-6-4-9(2)5-7-10/h4-8,12H,3H2,1-2H3.